The summed E-state index contributed by atoms with van der Waals surface area (Å²) in [5.74, 6) is 1.60. The van der Waals surface area contributed by atoms with Crippen molar-refractivity contribution in [1.82, 2.24) is 34.5 Å². The molecule has 0 atom stereocenters. The molecule has 11 nitrogen and oxygen atoms in total. The maximum Gasteiger partial charge on any atom is 0.175 e. The van der Waals surface area contributed by atoms with Crippen LogP contribution in [0.15, 0.2) is 144 Å². The monoisotopic (exact) mass is 891 g/mol. The number of hydrogen-bond acceptors (Lipinski definition) is 9. The van der Waals surface area contributed by atoms with Crippen LogP contribution in [0.2, 0.25) is 0 Å². The van der Waals surface area contributed by atoms with Crippen molar-refractivity contribution in [1.29, 1.82) is 0 Å². The lowest BCUT2D eigenvalue weighted by Gasteiger charge is -2.22. The summed E-state index contributed by atoms with van der Waals surface area (Å²) < 4.78 is 51.2. The summed E-state index contributed by atoms with van der Waals surface area (Å²) in [6, 6.07) is 31.3. The third-order valence-corrected chi connectivity index (χ3v) is 14.9. The first kappa shape index (κ1) is 43.2. The van der Waals surface area contributed by atoms with Gasteiger partial charge in [0, 0.05) is 59.6 Å². The van der Waals surface area contributed by atoms with Crippen LogP contribution in [0.25, 0.3) is 55.8 Å². The number of nitrogens with zero attached hydrogens (tertiary/aromatic N) is 6. The van der Waals surface area contributed by atoms with E-state index < -0.39 is 19.7 Å². The molecule has 0 amide bonds. The minimum absolute atomic E-state index is 0.288. The Morgan fingerprint density at radius 2 is 0.953 bits per heavy atom. The van der Waals surface area contributed by atoms with E-state index in [1.165, 1.54) is 75.0 Å². The topological polar surface area (TPSA) is 141 Å². The van der Waals surface area contributed by atoms with Gasteiger partial charge in [0.15, 0.2) is 31.0 Å². The molecule has 64 heavy (non-hydrogen) atoms. The van der Waals surface area contributed by atoms with Crippen LogP contribution in [0.3, 0.4) is 0 Å². The predicted octanol–water partition coefficient (Wildman–Crippen LogP) is 9.60. The zero-order valence-corrected chi connectivity index (χ0v) is 37.9. The Morgan fingerprint density at radius 3 is 1.39 bits per heavy atom. The van der Waals surface area contributed by atoms with E-state index in [0.29, 0.717) is 16.2 Å². The van der Waals surface area contributed by atoms with Crippen LogP contribution in [-0.2, 0) is 32.5 Å². The molecule has 2 fully saturated rings. The van der Waals surface area contributed by atoms with Gasteiger partial charge in [-0.05, 0) is 108 Å². The number of sulfone groups is 2. The average molecular weight is 892 g/mol. The second-order valence-electron chi connectivity index (χ2n) is 17.4. The lowest BCUT2D eigenvalue weighted by molar-refractivity contribution is 0.356. The Bertz CT molecular complexity index is 2920. The van der Waals surface area contributed by atoms with Gasteiger partial charge >= 0.3 is 0 Å². The fourth-order valence-corrected chi connectivity index (χ4v) is 10.4. The maximum absolute atomic E-state index is 11.9. The largest absolute Gasteiger partial charge is 0.317 e. The molecule has 0 spiro atoms. The highest BCUT2D eigenvalue weighted by Crippen LogP contribution is 2.31. The second-order valence-corrected chi connectivity index (χ2v) is 21.5. The summed E-state index contributed by atoms with van der Waals surface area (Å²) in [6.45, 7) is 2.25. The van der Waals surface area contributed by atoms with Gasteiger partial charge in [0.1, 0.15) is 0 Å². The lowest BCUT2D eigenvalue weighted by Crippen LogP contribution is -2.28. The van der Waals surface area contributed by atoms with E-state index in [4.69, 9.17) is 0 Å². The Labute approximate surface area is 375 Å². The molecule has 4 aromatic carbocycles. The van der Waals surface area contributed by atoms with Gasteiger partial charge in [-0.15, -0.1) is 0 Å². The first-order valence-corrected chi connectivity index (χ1v) is 25.9. The Balaban J connectivity index is 0.000000162. The van der Waals surface area contributed by atoms with Gasteiger partial charge in [-0.1, -0.05) is 105 Å². The summed E-state index contributed by atoms with van der Waals surface area (Å²) in [4.78, 5) is 9.88. The van der Waals surface area contributed by atoms with E-state index in [1.807, 2.05) is 36.9 Å². The second kappa shape index (κ2) is 18.6. The van der Waals surface area contributed by atoms with E-state index in [-0.39, 0.29) is 4.90 Å². The highest BCUT2D eigenvalue weighted by molar-refractivity contribution is 7.91. The molecule has 0 unspecified atom stereocenters. The molecule has 1 aliphatic heterocycles. The summed E-state index contributed by atoms with van der Waals surface area (Å²) >= 11 is 0. The van der Waals surface area contributed by atoms with Gasteiger partial charge < -0.3 is 5.32 Å². The number of aromatic nitrogens is 6. The number of nitrogens with one attached hydrogen (secondary N) is 1. The Kier molecular flexibility index (Phi) is 12.6. The van der Waals surface area contributed by atoms with Gasteiger partial charge in [0.2, 0.25) is 0 Å². The minimum Gasteiger partial charge on any atom is -0.317 e. The Morgan fingerprint density at radius 1 is 0.516 bits per heavy atom. The summed E-state index contributed by atoms with van der Waals surface area (Å²) in [5, 5.41) is 12.4. The molecule has 5 heterocycles. The molecular weight excluding hydrogens is 839 g/mol. The van der Waals surface area contributed by atoms with E-state index in [1.54, 1.807) is 57.8 Å². The summed E-state index contributed by atoms with van der Waals surface area (Å²) in [5.41, 5.74) is 11.6. The van der Waals surface area contributed by atoms with Crippen LogP contribution in [0.1, 0.15) is 56.1 Å². The van der Waals surface area contributed by atoms with Crippen LogP contribution in [-0.4, -0.2) is 71.6 Å². The predicted molar refractivity (Wildman–Crippen MR) is 254 cm³/mol. The molecule has 8 aromatic rings. The molecule has 10 rings (SSSR count). The van der Waals surface area contributed by atoms with Crippen LogP contribution in [0.5, 0.6) is 0 Å². The van der Waals surface area contributed by atoms with E-state index in [2.05, 4.69) is 74.0 Å². The fourth-order valence-electron chi connectivity index (χ4n) is 9.05. The van der Waals surface area contributed by atoms with Crippen LogP contribution in [0, 0.1) is 11.8 Å². The third-order valence-electron chi connectivity index (χ3n) is 12.7. The highest BCUT2D eigenvalue weighted by atomic mass is 32.2. The first-order chi connectivity index (χ1) is 30.9. The van der Waals surface area contributed by atoms with Crippen molar-refractivity contribution in [2.45, 2.75) is 67.6 Å². The van der Waals surface area contributed by atoms with Crippen molar-refractivity contribution in [2.75, 3.05) is 25.6 Å². The first-order valence-electron chi connectivity index (χ1n) is 22.1. The van der Waals surface area contributed by atoms with Crippen molar-refractivity contribution >= 4 is 31.0 Å². The molecule has 0 radical (unpaired) electrons. The third kappa shape index (κ3) is 10.0. The molecule has 2 aliphatic rings. The highest BCUT2D eigenvalue weighted by Gasteiger charge is 2.18. The number of benzene rings is 4. The molecule has 4 aromatic heterocycles. The number of piperidine rings is 1. The van der Waals surface area contributed by atoms with Crippen LogP contribution in [0.4, 0.5) is 0 Å². The van der Waals surface area contributed by atoms with Crippen molar-refractivity contribution in [3.05, 3.63) is 145 Å². The Hall–Kier alpha value is -6.02. The summed E-state index contributed by atoms with van der Waals surface area (Å²) in [6.07, 6.45) is 25.2. The zero-order chi connectivity index (χ0) is 44.3. The molecule has 1 saturated heterocycles. The van der Waals surface area contributed by atoms with Crippen molar-refractivity contribution < 1.29 is 16.8 Å². The lowest BCUT2D eigenvalue weighted by atomic mass is 9.85. The van der Waals surface area contributed by atoms with E-state index in [0.717, 1.165) is 75.9 Å². The summed E-state index contributed by atoms with van der Waals surface area (Å²) in [7, 11) is -6.55. The standard InChI is InChI=1S/C26H27N3O2S.C25H26N4O2S/c1-32(30,31)24-9-5-8-22(15-24)25-17-28-29-18-23(16-27-26(25)29)21-12-10-20(11-13-21)14-19-6-3-2-4-7-19;1-32(30,31)23-4-2-3-21(14-23)24-16-28-29-17-22(15-27-25(24)29)20-7-5-18(6-8-20)13-19-9-11-26-12-10-19/h5,8-13,15-19H,2-4,6-7,14H2,1H3;2-8,14-17,19,26H,9-13H2,1H3. The molecule has 328 valence electrons. The van der Waals surface area contributed by atoms with Gasteiger partial charge in [0.25, 0.3) is 0 Å². The zero-order valence-electron chi connectivity index (χ0n) is 36.3. The van der Waals surface area contributed by atoms with Gasteiger partial charge in [-0.2, -0.15) is 10.2 Å². The van der Waals surface area contributed by atoms with E-state index >= 15 is 0 Å². The average Bonchev–Trinajstić information content (AvgIpc) is 3.94. The van der Waals surface area contributed by atoms with Gasteiger partial charge in [0.05, 0.1) is 22.2 Å². The molecule has 1 aliphatic carbocycles. The quantitative estimate of drug-likeness (QED) is 0.142. The van der Waals surface area contributed by atoms with Crippen LogP contribution >= 0.6 is 0 Å². The van der Waals surface area contributed by atoms with E-state index in [9.17, 15) is 16.8 Å². The minimum atomic E-state index is -3.28. The van der Waals surface area contributed by atoms with Gasteiger partial charge in [-0.3, -0.25) is 0 Å². The van der Waals surface area contributed by atoms with Crippen LogP contribution < -0.4 is 5.32 Å². The molecular formula is C51H53N7O4S2. The van der Waals surface area contributed by atoms with Crippen molar-refractivity contribution in [2.24, 2.45) is 11.8 Å². The molecule has 0 bridgehead atoms. The SMILES string of the molecule is CS(=O)(=O)c1cccc(-c2cnn3cc(-c4ccc(CC5CCCCC5)cc4)cnc23)c1.CS(=O)(=O)c1cccc(-c2cnn3cc(-c4ccc(CC5CCNCC5)cc4)cnc23)c1. The number of hydrogen-bond donors (Lipinski definition) is 1. The number of rotatable bonds is 10. The molecule has 1 saturated carbocycles. The van der Waals surface area contributed by atoms with Crippen molar-refractivity contribution in [3.8, 4) is 44.5 Å². The molecule has 1 N–H and O–H groups in total. The van der Waals surface area contributed by atoms with Gasteiger partial charge in [-0.25, -0.2) is 35.8 Å². The fraction of sp³-hybridized carbons (Fsp3) is 0.294. The smallest absolute Gasteiger partial charge is 0.175 e. The normalized spacial score (nSPS) is 15.3. The van der Waals surface area contributed by atoms with Crippen molar-refractivity contribution in [3.63, 3.8) is 0 Å². The number of fused-ring (bicyclic) bond motifs is 2. The maximum atomic E-state index is 11.9. The molecule has 13 heteroatoms.